The summed E-state index contributed by atoms with van der Waals surface area (Å²) < 4.78 is 0. The second-order valence-electron chi connectivity index (χ2n) is 13.3. The van der Waals surface area contributed by atoms with Crippen LogP contribution in [0.2, 0.25) is 0 Å². The van der Waals surface area contributed by atoms with Crippen LogP contribution in [-0.4, -0.2) is 0 Å². The third-order valence-corrected chi connectivity index (χ3v) is 12.3. The monoisotopic (exact) mass is 424 g/mol. The Bertz CT molecular complexity index is 701. The Morgan fingerprint density at radius 1 is 0.903 bits per heavy atom. The van der Waals surface area contributed by atoms with Gasteiger partial charge in [0.05, 0.1) is 0 Å². The summed E-state index contributed by atoms with van der Waals surface area (Å²) >= 11 is 0. The molecule has 0 bridgehead atoms. The zero-order valence-corrected chi connectivity index (χ0v) is 21.9. The lowest BCUT2D eigenvalue weighted by molar-refractivity contribution is -0.158. The summed E-state index contributed by atoms with van der Waals surface area (Å²) in [5.41, 5.74) is 3.64. The Morgan fingerprint density at radius 2 is 1.65 bits per heavy atom. The van der Waals surface area contributed by atoms with E-state index in [0.29, 0.717) is 21.7 Å². The van der Waals surface area contributed by atoms with Gasteiger partial charge in [-0.2, -0.15) is 0 Å². The molecule has 0 nitrogen and oxygen atoms in total. The van der Waals surface area contributed by atoms with Crippen LogP contribution in [0.15, 0.2) is 24.3 Å². The topological polar surface area (TPSA) is 0 Å². The summed E-state index contributed by atoms with van der Waals surface area (Å²) in [5, 5.41) is 0. The summed E-state index contributed by atoms with van der Waals surface area (Å²) in [6.07, 6.45) is 23.6. The predicted molar refractivity (Wildman–Crippen MR) is 136 cm³/mol. The van der Waals surface area contributed by atoms with Crippen molar-refractivity contribution in [3.05, 3.63) is 24.3 Å². The Balaban J connectivity index is 1.72. The Kier molecular flexibility index (Phi) is 6.37. The van der Waals surface area contributed by atoms with Crippen LogP contribution in [0.4, 0.5) is 0 Å². The second-order valence-corrected chi connectivity index (χ2v) is 13.3. The average Bonchev–Trinajstić information content (AvgIpc) is 3.01. The van der Waals surface area contributed by atoms with E-state index in [1.165, 1.54) is 83.5 Å². The third kappa shape index (κ3) is 3.52. The summed E-state index contributed by atoms with van der Waals surface area (Å²) in [6.45, 7) is 19.6. The fraction of sp³-hybridized carbons (Fsp3) is 0.871. The summed E-state index contributed by atoms with van der Waals surface area (Å²) in [7, 11) is 0. The predicted octanol–water partition coefficient (Wildman–Crippen LogP) is 9.75. The molecule has 0 saturated heterocycles. The quantitative estimate of drug-likeness (QED) is 0.395. The molecule has 4 fully saturated rings. The fourth-order valence-corrected chi connectivity index (χ4v) is 10.3. The molecule has 0 aromatic carbocycles. The van der Waals surface area contributed by atoms with Crippen LogP contribution in [0, 0.1) is 45.3 Å². The molecule has 5 unspecified atom stereocenters. The lowest BCUT2D eigenvalue weighted by Crippen LogP contribution is -2.57. The van der Waals surface area contributed by atoms with Crippen LogP contribution in [0.1, 0.15) is 125 Å². The van der Waals surface area contributed by atoms with E-state index in [1.807, 2.05) is 0 Å². The molecule has 0 aromatic heterocycles. The highest BCUT2D eigenvalue weighted by Crippen LogP contribution is 2.71. The average molecular weight is 425 g/mol. The number of hydrogen-bond acceptors (Lipinski definition) is 0. The Labute approximate surface area is 194 Å². The first-order chi connectivity index (χ1) is 14.7. The van der Waals surface area contributed by atoms with Crippen molar-refractivity contribution in [2.45, 2.75) is 125 Å². The lowest BCUT2D eigenvalue weighted by Gasteiger charge is -2.65. The maximum Gasteiger partial charge on any atom is -0.0144 e. The fourth-order valence-electron chi connectivity index (χ4n) is 10.3. The standard InChI is InChI=1S/C31H52/c1-8-23(4)25-14-11-12-15-26-24-16-21-31(10-3)22-28(5,9-2)18-13-19-30(31,7)27(24)17-20-29(25,26)6/h8-9,24-27H,2,10-22H2,1,3-7H3/b23-8+/t24?,25?,26?,27-,28+,29+,30?,31?/m0/s1. The summed E-state index contributed by atoms with van der Waals surface area (Å²) in [5.74, 6) is 3.71. The van der Waals surface area contributed by atoms with Crippen molar-refractivity contribution in [1.29, 1.82) is 0 Å². The molecule has 176 valence electrons. The van der Waals surface area contributed by atoms with Gasteiger partial charge in [0.15, 0.2) is 0 Å². The van der Waals surface area contributed by atoms with Crippen molar-refractivity contribution in [2.75, 3.05) is 0 Å². The van der Waals surface area contributed by atoms with Crippen molar-refractivity contribution < 1.29 is 0 Å². The minimum Gasteiger partial charge on any atom is -0.103 e. The molecule has 0 aromatic rings. The molecule has 0 spiro atoms. The highest BCUT2D eigenvalue weighted by Gasteiger charge is 2.62. The molecule has 0 aliphatic heterocycles. The van der Waals surface area contributed by atoms with Gasteiger partial charge >= 0.3 is 0 Å². The Morgan fingerprint density at radius 3 is 2.32 bits per heavy atom. The van der Waals surface area contributed by atoms with Crippen molar-refractivity contribution >= 4 is 0 Å². The second kappa shape index (κ2) is 8.36. The van der Waals surface area contributed by atoms with E-state index in [9.17, 15) is 0 Å². The van der Waals surface area contributed by atoms with Gasteiger partial charge in [0.1, 0.15) is 0 Å². The maximum atomic E-state index is 4.31. The first-order valence-electron chi connectivity index (χ1n) is 13.9. The molecule has 4 rings (SSSR count). The van der Waals surface area contributed by atoms with Crippen molar-refractivity contribution in [2.24, 2.45) is 45.3 Å². The third-order valence-electron chi connectivity index (χ3n) is 12.3. The van der Waals surface area contributed by atoms with E-state index in [4.69, 9.17) is 0 Å². The number of allylic oxidation sites excluding steroid dienone is 3. The summed E-state index contributed by atoms with van der Waals surface area (Å²) in [6, 6.07) is 0. The van der Waals surface area contributed by atoms with Crippen molar-refractivity contribution in [1.82, 2.24) is 0 Å². The van der Waals surface area contributed by atoms with Crippen molar-refractivity contribution in [3.63, 3.8) is 0 Å². The van der Waals surface area contributed by atoms with Crippen LogP contribution < -0.4 is 0 Å². The van der Waals surface area contributed by atoms with E-state index >= 15 is 0 Å². The highest BCUT2D eigenvalue weighted by atomic mass is 14.7. The SMILES string of the molecule is C=C[C@]1(C)CCCC2(C)[C@H]3CC[C@]4(C)C(/C(C)=C/C)CCCCC4C3CCC2(CC)C1. The van der Waals surface area contributed by atoms with Gasteiger partial charge in [0, 0.05) is 0 Å². The van der Waals surface area contributed by atoms with Gasteiger partial charge in [-0.3, -0.25) is 0 Å². The molecule has 4 aliphatic carbocycles. The van der Waals surface area contributed by atoms with E-state index in [1.54, 1.807) is 5.57 Å². The van der Waals surface area contributed by atoms with E-state index in [0.717, 1.165) is 23.7 Å². The van der Waals surface area contributed by atoms with E-state index in [-0.39, 0.29) is 0 Å². The largest absolute Gasteiger partial charge is 0.103 e. The van der Waals surface area contributed by atoms with Crippen LogP contribution in [0.3, 0.4) is 0 Å². The van der Waals surface area contributed by atoms with Gasteiger partial charge in [-0.05, 0) is 123 Å². The van der Waals surface area contributed by atoms with Gasteiger partial charge in [-0.1, -0.05) is 64.7 Å². The first kappa shape index (κ1) is 23.6. The molecule has 0 N–H and O–H groups in total. The minimum atomic E-state index is 0.347. The van der Waals surface area contributed by atoms with Gasteiger partial charge in [-0.15, -0.1) is 6.58 Å². The molecule has 8 atom stereocenters. The van der Waals surface area contributed by atoms with Crippen molar-refractivity contribution in [3.8, 4) is 0 Å². The normalized spacial score (nSPS) is 51.0. The van der Waals surface area contributed by atoms with Gasteiger partial charge in [0.2, 0.25) is 0 Å². The molecule has 0 heteroatoms. The van der Waals surface area contributed by atoms with Crippen LogP contribution in [0.25, 0.3) is 0 Å². The molecule has 0 heterocycles. The minimum absolute atomic E-state index is 0.347. The zero-order chi connectivity index (χ0) is 22.5. The zero-order valence-electron chi connectivity index (χ0n) is 21.9. The molecular weight excluding hydrogens is 372 g/mol. The maximum absolute atomic E-state index is 4.31. The molecule has 0 radical (unpaired) electrons. The molecule has 4 aliphatic rings. The molecule has 4 saturated carbocycles. The van der Waals surface area contributed by atoms with E-state index < -0.39 is 0 Å². The number of fused-ring (bicyclic) bond motifs is 5. The number of rotatable bonds is 3. The van der Waals surface area contributed by atoms with Crippen LogP contribution in [0.5, 0.6) is 0 Å². The van der Waals surface area contributed by atoms with Gasteiger partial charge in [0.25, 0.3) is 0 Å². The Hall–Kier alpha value is -0.520. The smallest absolute Gasteiger partial charge is 0.0144 e. The molecule has 31 heavy (non-hydrogen) atoms. The van der Waals surface area contributed by atoms with E-state index in [2.05, 4.69) is 60.3 Å². The highest BCUT2D eigenvalue weighted by molar-refractivity contribution is 5.17. The van der Waals surface area contributed by atoms with Gasteiger partial charge < -0.3 is 0 Å². The van der Waals surface area contributed by atoms with Crippen LogP contribution in [-0.2, 0) is 0 Å². The first-order valence-corrected chi connectivity index (χ1v) is 13.9. The lowest BCUT2D eigenvalue weighted by atomic mass is 9.39. The summed E-state index contributed by atoms with van der Waals surface area (Å²) in [4.78, 5) is 0. The molecule has 0 amide bonds. The number of hydrogen-bond donors (Lipinski definition) is 0. The van der Waals surface area contributed by atoms with Gasteiger partial charge in [-0.25, -0.2) is 0 Å². The van der Waals surface area contributed by atoms with Crippen LogP contribution >= 0.6 is 0 Å². The molecular formula is C31H52.